The zero-order valence-electron chi connectivity index (χ0n) is 15.7. The summed E-state index contributed by atoms with van der Waals surface area (Å²) in [4.78, 5) is 15.8. The van der Waals surface area contributed by atoms with Gasteiger partial charge >= 0.3 is 0 Å². The van der Waals surface area contributed by atoms with Crippen LogP contribution >= 0.6 is 0 Å². The van der Waals surface area contributed by atoms with Crippen molar-refractivity contribution in [1.82, 2.24) is 4.90 Å². The number of nitrogens with zero attached hydrogens (tertiary/aromatic N) is 1. The Hall–Kier alpha value is -1.35. The third kappa shape index (κ3) is 1.86. The summed E-state index contributed by atoms with van der Waals surface area (Å²) in [7, 11) is 0. The van der Waals surface area contributed by atoms with Crippen LogP contribution in [0.5, 0.6) is 0 Å². The Morgan fingerprint density at radius 2 is 1.77 bits per heavy atom. The van der Waals surface area contributed by atoms with Gasteiger partial charge < -0.3 is 9.64 Å². The fourth-order valence-electron chi connectivity index (χ4n) is 7.31. The number of rotatable bonds is 1. The number of benzene rings is 1. The molecule has 1 aromatic carbocycles. The van der Waals surface area contributed by atoms with Gasteiger partial charge in [-0.1, -0.05) is 42.7 Å². The summed E-state index contributed by atoms with van der Waals surface area (Å²) in [5, 5.41) is 0. The monoisotopic (exact) mass is 351 g/mol. The number of ether oxygens (including phenoxy) is 1. The fraction of sp³-hybridized carbons (Fsp3) is 0.696. The first-order valence-electron chi connectivity index (χ1n) is 10.7. The molecule has 3 nitrogen and oxygen atoms in total. The molecule has 5 aliphatic rings. The molecule has 26 heavy (non-hydrogen) atoms. The van der Waals surface area contributed by atoms with E-state index in [2.05, 4.69) is 36.1 Å². The van der Waals surface area contributed by atoms with Crippen molar-refractivity contribution in [3.8, 4) is 0 Å². The SMILES string of the molecule is Cc1ccc([C@]23O[C@H]4CCCC[C@@H]4CN2C(=O)[C@@H]2[C@@H]4CC[C@@H](C4)[C@@H]23)cc1. The Kier molecular flexibility index (Phi) is 3.22. The Balaban J connectivity index is 1.51. The maximum absolute atomic E-state index is 13.6. The smallest absolute Gasteiger partial charge is 0.228 e. The van der Waals surface area contributed by atoms with Crippen molar-refractivity contribution in [3.05, 3.63) is 35.4 Å². The third-order valence-electron chi connectivity index (χ3n) is 8.37. The van der Waals surface area contributed by atoms with E-state index in [-0.39, 0.29) is 5.92 Å². The fourth-order valence-corrected chi connectivity index (χ4v) is 7.31. The summed E-state index contributed by atoms with van der Waals surface area (Å²) in [5.41, 5.74) is 2.03. The minimum Gasteiger partial charge on any atom is -0.347 e. The molecule has 0 unspecified atom stereocenters. The Bertz CT molecular complexity index is 743. The first-order chi connectivity index (χ1) is 12.7. The second kappa shape index (κ2) is 5.34. The molecule has 2 heterocycles. The molecule has 1 amide bonds. The summed E-state index contributed by atoms with van der Waals surface area (Å²) in [6.45, 7) is 3.06. The second-order valence-electron chi connectivity index (χ2n) is 9.60. The van der Waals surface area contributed by atoms with Crippen LogP contribution < -0.4 is 0 Å². The van der Waals surface area contributed by atoms with Crippen LogP contribution in [0.1, 0.15) is 56.1 Å². The van der Waals surface area contributed by atoms with E-state index >= 15 is 0 Å². The molecule has 1 aromatic rings. The van der Waals surface area contributed by atoms with Crippen LogP contribution in [-0.2, 0) is 15.3 Å². The summed E-state index contributed by atoms with van der Waals surface area (Å²) >= 11 is 0. The van der Waals surface area contributed by atoms with E-state index in [1.165, 1.54) is 56.1 Å². The van der Waals surface area contributed by atoms with Crippen molar-refractivity contribution in [2.75, 3.05) is 6.54 Å². The highest BCUT2D eigenvalue weighted by Crippen LogP contribution is 2.66. The van der Waals surface area contributed by atoms with Gasteiger partial charge in [0, 0.05) is 29.9 Å². The van der Waals surface area contributed by atoms with E-state index in [0.717, 1.165) is 6.54 Å². The number of fused-ring (bicyclic) bond motifs is 8. The minimum absolute atomic E-state index is 0.218. The molecule has 2 aliphatic heterocycles. The molecule has 6 rings (SSSR count). The van der Waals surface area contributed by atoms with Crippen molar-refractivity contribution in [2.24, 2.45) is 29.6 Å². The number of amides is 1. The van der Waals surface area contributed by atoms with Crippen molar-refractivity contribution < 1.29 is 9.53 Å². The van der Waals surface area contributed by atoms with Gasteiger partial charge in [0.15, 0.2) is 5.72 Å². The van der Waals surface area contributed by atoms with Crippen LogP contribution in [0.15, 0.2) is 24.3 Å². The molecule has 0 radical (unpaired) electrons. The molecule has 5 fully saturated rings. The highest BCUT2D eigenvalue weighted by molar-refractivity contribution is 5.84. The van der Waals surface area contributed by atoms with Gasteiger partial charge in [0.25, 0.3) is 0 Å². The number of carbonyl (C=O) groups is 1. The predicted octanol–water partition coefficient (Wildman–Crippen LogP) is 4.24. The number of hydrogen-bond donors (Lipinski definition) is 0. The zero-order valence-corrected chi connectivity index (χ0v) is 15.7. The number of hydrogen-bond acceptors (Lipinski definition) is 2. The van der Waals surface area contributed by atoms with E-state index in [9.17, 15) is 4.79 Å². The Morgan fingerprint density at radius 1 is 1.00 bits per heavy atom. The lowest BCUT2D eigenvalue weighted by atomic mass is 9.73. The van der Waals surface area contributed by atoms with E-state index in [4.69, 9.17) is 4.74 Å². The topological polar surface area (TPSA) is 29.5 Å². The maximum Gasteiger partial charge on any atom is 0.228 e. The first kappa shape index (κ1) is 15.7. The second-order valence-corrected chi connectivity index (χ2v) is 9.60. The Morgan fingerprint density at radius 3 is 2.62 bits per heavy atom. The molecular weight excluding hydrogens is 322 g/mol. The molecule has 0 N–H and O–H groups in total. The lowest BCUT2D eigenvalue weighted by Crippen LogP contribution is -2.60. The van der Waals surface area contributed by atoms with Crippen LogP contribution in [0.4, 0.5) is 0 Å². The zero-order chi connectivity index (χ0) is 17.5. The molecule has 2 saturated heterocycles. The van der Waals surface area contributed by atoms with Crippen LogP contribution in [0.25, 0.3) is 0 Å². The van der Waals surface area contributed by atoms with Crippen molar-refractivity contribution in [3.63, 3.8) is 0 Å². The Labute approximate surface area is 156 Å². The van der Waals surface area contributed by atoms with Gasteiger partial charge in [-0.2, -0.15) is 0 Å². The third-order valence-corrected chi connectivity index (χ3v) is 8.37. The summed E-state index contributed by atoms with van der Waals surface area (Å²) in [6, 6.07) is 8.88. The first-order valence-corrected chi connectivity index (χ1v) is 10.7. The average molecular weight is 351 g/mol. The normalized spacial score (nSPS) is 46.2. The van der Waals surface area contributed by atoms with Gasteiger partial charge in [-0.25, -0.2) is 0 Å². The van der Waals surface area contributed by atoms with Crippen LogP contribution in [0, 0.1) is 36.5 Å². The molecular formula is C23H29NO2. The molecule has 138 valence electrons. The predicted molar refractivity (Wildman–Crippen MR) is 99.2 cm³/mol. The standard InChI is InChI=1S/C23H29NO2/c1-14-6-10-18(11-7-14)23-21-16-9-8-15(12-16)20(21)22(25)24(23)13-17-4-2-3-5-19(17)26-23/h6-7,10-11,15-17,19-21H,2-5,8-9,12-13H2,1H3/t15-,16+,17-,19+,20-,21+,23-/m1/s1. The largest absolute Gasteiger partial charge is 0.347 e. The quantitative estimate of drug-likeness (QED) is 0.757. The number of aryl methyl sites for hydroxylation is 1. The van der Waals surface area contributed by atoms with E-state index < -0.39 is 5.72 Å². The maximum atomic E-state index is 13.6. The van der Waals surface area contributed by atoms with Gasteiger partial charge in [-0.3, -0.25) is 4.79 Å². The van der Waals surface area contributed by atoms with E-state index in [1.54, 1.807) is 0 Å². The highest BCUT2D eigenvalue weighted by atomic mass is 16.5. The molecule has 2 bridgehead atoms. The van der Waals surface area contributed by atoms with Crippen molar-refractivity contribution >= 4 is 5.91 Å². The molecule has 0 aromatic heterocycles. The molecule has 3 aliphatic carbocycles. The lowest BCUT2D eigenvalue weighted by molar-refractivity contribution is -0.259. The van der Waals surface area contributed by atoms with Gasteiger partial charge in [-0.15, -0.1) is 0 Å². The van der Waals surface area contributed by atoms with Gasteiger partial charge in [0.1, 0.15) is 0 Å². The molecule has 7 atom stereocenters. The van der Waals surface area contributed by atoms with Crippen LogP contribution in [0.2, 0.25) is 0 Å². The van der Waals surface area contributed by atoms with Gasteiger partial charge in [-0.05, 0) is 50.9 Å². The molecule has 0 spiro atoms. The average Bonchev–Trinajstić information content (AvgIpc) is 3.34. The van der Waals surface area contributed by atoms with Crippen LogP contribution in [-0.4, -0.2) is 23.5 Å². The van der Waals surface area contributed by atoms with E-state index in [0.29, 0.717) is 35.7 Å². The summed E-state index contributed by atoms with van der Waals surface area (Å²) in [6.07, 6.45) is 9.10. The summed E-state index contributed by atoms with van der Waals surface area (Å²) in [5.74, 6) is 2.82. The van der Waals surface area contributed by atoms with Crippen molar-refractivity contribution in [2.45, 2.75) is 63.7 Å². The van der Waals surface area contributed by atoms with Gasteiger partial charge in [0.05, 0.1) is 6.10 Å². The van der Waals surface area contributed by atoms with E-state index in [1.807, 2.05) is 0 Å². The van der Waals surface area contributed by atoms with Crippen molar-refractivity contribution in [1.29, 1.82) is 0 Å². The summed E-state index contributed by atoms with van der Waals surface area (Å²) < 4.78 is 7.07. The lowest BCUT2D eigenvalue weighted by Gasteiger charge is -2.53. The molecule has 3 saturated carbocycles. The van der Waals surface area contributed by atoms with Crippen LogP contribution in [0.3, 0.4) is 0 Å². The molecule has 3 heteroatoms. The minimum atomic E-state index is -0.478. The highest BCUT2D eigenvalue weighted by Gasteiger charge is 2.70. The number of carbonyl (C=O) groups excluding carboxylic acids is 1. The van der Waals surface area contributed by atoms with Gasteiger partial charge in [0.2, 0.25) is 5.91 Å².